The fourth-order valence-electron chi connectivity index (χ4n) is 6.02. The molecule has 0 aromatic carbocycles. The molecule has 0 amide bonds. The zero-order valence-corrected chi connectivity index (χ0v) is 27.2. The third-order valence-electron chi connectivity index (χ3n) is 8.85. The number of unbranched alkanes of at least 4 members (excludes halogenated alkanes) is 32. The van der Waals surface area contributed by atoms with Crippen LogP contribution in [0.4, 0.5) is 0 Å². The second-order valence-electron chi connectivity index (χ2n) is 12.9. The van der Waals surface area contributed by atoms with Crippen LogP contribution < -0.4 is 0 Å². The highest BCUT2D eigenvalue weighted by molar-refractivity contribution is 4.55. The van der Waals surface area contributed by atoms with Gasteiger partial charge in [-0.2, -0.15) is 0 Å². The molecule has 0 aliphatic rings. The minimum absolute atomic E-state index is 0.0837. The van der Waals surface area contributed by atoms with E-state index >= 15 is 0 Å². The van der Waals surface area contributed by atoms with E-state index < -0.39 is 6.10 Å². The summed E-state index contributed by atoms with van der Waals surface area (Å²) in [6.07, 6.45) is 47.5. The molecule has 2 nitrogen and oxygen atoms in total. The monoisotopic (exact) mass is 553 g/mol. The number of aliphatic hydroxyl groups excluding tert-OH is 2. The van der Waals surface area contributed by atoms with E-state index in [2.05, 4.69) is 6.92 Å². The lowest BCUT2D eigenvalue weighted by atomic mass is 10.0. The minimum Gasteiger partial charge on any atom is -0.394 e. The number of rotatable bonds is 35. The molecule has 2 N–H and O–H groups in total. The van der Waals surface area contributed by atoms with Crippen LogP contribution in [0.5, 0.6) is 0 Å². The number of hydrogen-bond acceptors (Lipinski definition) is 2. The van der Waals surface area contributed by atoms with E-state index in [0.29, 0.717) is 0 Å². The van der Waals surface area contributed by atoms with E-state index in [1.807, 2.05) is 0 Å². The van der Waals surface area contributed by atoms with E-state index in [-0.39, 0.29) is 6.61 Å². The molecule has 0 spiro atoms. The van der Waals surface area contributed by atoms with Crippen molar-refractivity contribution in [2.45, 2.75) is 231 Å². The quantitative estimate of drug-likeness (QED) is 0.0767. The topological polar surface area (TPSA) is 40.5 Å². The Labute approximate surface area is 247 Å². The van der Waals surface area contributed by atoms with E-state index in [4.69, 9.17) is 5.11 Å². The first-order chi connectivity index (χ1) is 19.3. The average molecular weight is 553 g/mol. The molecule has 0 radical (unpaired) electrons. The molecule has 0 aliphatic heterocycles. The number of aliphatic hydroxyl groups is 2. The summed E-state index contributed by atoms with van der Waals surface area (Å²) in [5, 5.41) is 18.1. The van der Waals surface area contributed by atoms with Crippen molar-refractivity contribution >= 4 is 0 Å². The van der Waals surface area contributed by atoms with Gasteiger partial charge in [-0.1, -0.05) is 219 Å². The molecule has 236 valence electrons. The fourth-order valence-corrected chi connectivity index (χ4v) is 6.02. The average Bonchev–Trinajstić information content (AvgIpc) is 2.95. The fraction of sp³-hybridized carbons (Fsp3) is 1.00. The van der Waals surface area contributed by atoms with Gasteiger partial charge in [0.25, 0.3) is 0 Å². The highest BCUT2D eigenvalue weighted by Crippen LogP contribution is 2.17. The molecule has 0 saturated carbocycles. The maximum Gasteiger partial charge on any atom is 0.0770 e. The van der Waals surface area contributed by atoms with Gasteiger partial charge in [-0.25, -0.2) is 0 Å². The van der Waals surface area contributed by atoms with Gasteiger partial charge in [-0.15, -0.1) is 0 Å². The summed E-state index contributed by atoms with van der Waals surface area (Å²) in [6.45, 7) is 2.22. The van der Waals surface area contributed by atoms with Crippen LogP contribution in [0.1, 0.15) is 225 Å². The normalized spacial score (nSPS) is 12.4. The molecule has 0 saturated heterocycles. The van der Waals surface area contributed by atoms with Crippen molar-refractivity contribution in [3.05, 3.63) is 0 Å². The molecule has 1 unspecified atom stereocenters. The standard InChI is InChI=1S/C37H76O2/c1-2-3-4-5-6-7-8-9-10-11-12-13-14-15-16-17-18-19-20-21-22-23-24-25-26-27-28-29-30-31-32-33-34-35-37(39)36-38/h37-39H,2-36H2,1H3. The van der Waals surface area contributed by atoms with Gasteiger partial charge in [-0.3, -0.25) is 0 Å². The molecule has 0 rings (SSSR count). The second-order valence-corrected chi connectivity index (χ2v) is 12.9. The van der Waals surface area contributed by atoms with Crippen molar-refractivity contribution in [1.29, 1.82) is 0 Å². The molecule has 39 heavy (non-hydrogen) atoms. The molecule has 0 heterocycles. The van der Waals surface area contributed by atoms with Crippen molar-refractivity contribution in [2.24, 2.45) is 0 Å². The lowest BCUT2D eigenvalue weighted by Crippen LogP contribution is -2.10. The molecule has 0 bridgehead atoms. The maximum absolute atomic E-state index is 9.32. The highest BCUT2D eigenvalue weighted by atomic mass is 16.3. The molecule has 1 atom stereocenters. The Kier molecular flexibility index (Phi) is 35.9. The minimum atomic E-state index is -0.497. The van der Waals surface area contributed by atoms with Crippen molar-refractivity contribution < 1.29 is 10.2 Å². The first-order valence-electron chi connectivity index (χ1n) is 18.6. The summed E-state index contributed by atoms with van der Waals surface area (Å²) in [6, 6.07) is 0. The van der Waals surface area contributed by atoms with E-state index in [1.165, 1.54) is 205 Å². The van der Waals surface area contributed by atoms with Crippen molar-refractivity contribution in [3.63, 3.8) is 0 Å². The summed E-state index contributed by atoms with van der Waals surface area (Å²) in [4.78, 5) is 0. The Morgan fingerprint density at radius 1 is 0.308 bits per heavy atom. The van der Waals surface area contributed by atoms with E-state index in [1.54, 1.807) is 0 Å². The Morgan fingerprint density at radius 3 is 0.667 bits per heavy atom. The first-order valence-corrected chi connectivity index (χ1v) is 18.6. The van der Waals surface area contributed by atoms with E-state index in [9.17, 15) is 5.11 Å². The van der Waals surface area contributed by atoms with Crippen LogP contribution in [0.15, 0.2) is 0 Å². The van der Waals surface area contributed by atoms with Crippen LogP contribution >= 0.6 is 0 Å². The van der Waals surface area contributed by atoms with Gasteiger partial charge in [0.15, 0.2) is 0 Å². The molecule has 0 aromatic heterocycles. The van der Waals surface area contributed by atoms with Crippen LogP contribution in [-0.4, -0.2) is 22.9 Å². The Morgan fingerprint density at radius 2 is 0.487 bits per heavy atom. The molecular weight excluding hydrogens is 476 g/mol. The lowest BCUT2D eigenvalue weighted by Gasteiger charge is -2.06. The van der Waals surface area contributed by atoms with Gasteiger partial charge in [0.2, 0.25) is 0 Å². The Hall–Kier alpha value is -0.0800. The molecule has 2 heteroatoms. The number of hydrogen-bond donors (Lipinski definition) is 2. The smallest absolute Gasteiger partial charge is 0.0770 e. The largest absolute Gasteiger partial charge is 0.394 e. The van der Waals surface area contributed by atoms with Gasteiger partial charge in [-0.05, 0) is 6.42 Å². The zero-order valence-electron chi connectivity index (χ0n) is 27.2. The SMILES string of the molecule is CCCCCCCCCCCCCCCCCCCCCCCCCCCCCCCCCCCC(O)CO. The van der Waals surface area contributed by atoms with Crippen LogP contribution in [0.25, 0.3) is 0 Å². The van der Waals surface area contributed by atoms with Crippen molar-refractivity contribution in [3.8, 4) is 0 Å². The van der Waals surface area contributed by atoms with E-state index in [0.717, 1.165) is 12.8 Å². The van der Waals surface area contributed by atoms with Crippen molar-refractivity contribution in [2.75, 3.05) is 6.61 Å². The Bertz CT molecular complexity index is 410. The van der Waals surface area contributed by atoms with Crippen LogP contribution in [-0.2, 0) is 0 Å². The molecule has 0 aromatic rings. The molecule has 0 aliphatic carbocycles. The lowest BCUT2D eigenvalue weighted by molar-refractivity contribution is 0.0860. The molecule has 0 fully saturated rings. The summed E-state index contributed by atoms with van der Waals surface area (Å²) < 4.78 is 0. The highest BCUT2D eigenvalue weighted by Gasteiger charge is 2.01. The summed E-state index contributed by atoms with van der Waals surface area (Å²) in [5.41, 5.74) is 0. The van der Waals surface area contributed by atoms with Crippen LogP contribution in [0.3, 0.4) is 0 Å². The third-order valence-corrected chi connectivity index (χ3v) is 8.85. The van der Waals surface area contributed by atoms with Gasteiger partial charge in [0.1, 0.15) is 0 Å². The summed E-state index contributed by atoms with van der Waals surface area (Å²) in [7, 11) is 0. The second kappa shape index (κ2) is 35.9. The first kappa shape index (κ1) is 38.9. The predicted molar refractivity (Wildman–Crippen MR) is 176 cm³/mol. The summed E-state index contributed by atoms with van der Waals surface area (Å²) in [5.74, 6) is 0. The maximum atomic E-state index is 9.32. The zero-order chi connectivity index (χ0) is 28.3. The van der Waals surface area contributed by atoms with Gasteiger partial charge in [0, 0.05) is 0 Å². The Balaban J connectivity index is 3.03. The molecular formula is C37H76O2. The third kappa shape index (κ3) is 35.9. The summed E-state index contributed by atoms with van der Waals surface area (Å²) >= 11 is 0. The van der Waals surface area contributed by atoms with Crippen molar-refractivity contribution in [1.82, 2.24) is 0 Å². The van der Waals surface area contributed by atoms with Gasteiger partial charge in [0.05, 0.1) is 12.7 Å². The van der Waals surface area contributed by atoms with Gasteiger partial charge >= 0.3 is 0 Å². The van der Waals surface area contributed by atoms with Crippen LogP contribution in [0, 0.1) is 0 Å². The van der Waals surface area contributed by atoms with Gasteiger partial charge < -0.3 is 10.2 Å². The predicted octanol–water partition coefficient (Wildman–Crippen LogP) is 12.6. The van der Waals surface area contributed by atoms with Crippen LogP contribution in [0.2, 0.25) is 0 Å².